The van der Waals surface area contributed by atoms with Gasteiger partial charge in [0.15, 0.2) is 0 Å². The van der Waals surface area contributed by atoms with Crippen molar-refractivity contribution in [3.05, 3.63) is 11.9 Å². The van der Waals surface area contributed by atoms with Crippen molar-refractivity contribution in [3.8, 4) is 11.8 Å². The van der Waals surface area contributed by atoms with E-state index >= 15 is 0 Å². The quantitative estimate of drug-likeness (QED) is 0.502. The fourth-order valence-electron chi connectivity index (χ4n) is 0.818. The zero-order valence-electron chi connectivity index (χ0n) is 7.33. The Morgan fingerprint density at radius 1 is 1.67 bits per heavy atom. The fraction of sp³-hybridized carbons (Fsp3) is 0.500. The predicted molar refractivity (Wildman–Crippen MR) is 46.2 cm³/mol. The molecule has 4 nitrogen and oxygen atoms in total. The Labute approximate surface area is 72.0 Å². The lowest BCUT2D eigenvalue weighted by Crippen LogP contribution is -2.13. The Kier molecular flexibility index (Phi) is 3.30. The second kappa shape index (κ2) is 4.52. The smallest absolute Gasteiger partial charge is 0.0965 e. The summed E-state index contributed by atoms with van der Waals surface area (Å²) >= 11 is 0. The predicted octanol–water partition coefficient (Wildman–Crippen LogP) is -0.0720. The zero-order valence-corrected chi connectivity index (χ0v) is 7.33. The molecule has 0 unspecified atom stereocenters. The van der Waals surface area contributed by atoms with Crippen LogP contribution in [0.1, 0.15) is 12.6 Å². The summed E-state index contributed by atoms with van der Waals surface area (Å²) in [5, 5.41) is 10.8. The van der Waals surface area contributed by atoms with E-state index < -0.39 is 0 Å². The monoisotopic (exact) mass is 164 g/mol. The summed E-state index contributed by atoms with van der Waals surface area (Å²) in [6.45, 7) is 3.25. The highest BCUT2D eigenvalue weighted by atomic mass is 15.4. The van der Waals surface area contributed by atoms with Gasteiger partial charge >= 0.3 is 0 Å². The van der Waals surface area contributed by atoms with Crippen LogP contribution in [-0.2, 0) is 13.6 Å². The van der Waals surface area contributed by atoms with Crippen LogP contribution in [-0.4, -0.2) is 21.5 Å². The lowest BCUT2D eigenvalue weighted by molar-refractivity contribution is 0.707. The lowest BCUT2D eigenvalue weighted by Gasteiger charge is -1.93. The highest BCUT2D eigenvalue weighted by Crippen LogP contribution is 1.88. The summed E-state index contributed by atoms with van der Waals surface area (Å²) in [5.74, 6) is 5.71. The third-order valence-electron chi connectivity index (χ3n) is 1.35. The van der Waals surface area contributed by atoms with Crippen LogP contribution < -0.4 is 5.32 Å². The number of rotatable bonds is 3. The van der Waals surface area contributed by atoms with E-state index in [1.807, 2.05) is 20.2 Å². The molecular weight excluding hydrogens is 152 g/mol. The Morgan fingerprint density at radius 3 is 3.08 bits per heavy atom. The third kappa shape index (κ3) is 2.72. The van der Waals surface area contributed by atoms with E-state index in [-0.39, 0.29) is 0 Å². The summed E-state index contributed by atoms with van der Waals surface area (Å²) in [6.07, 6.45) is 1.88. The number of nitrogens with zero attached hydrogens (tertiary/aromatic N) is 3. The topological polar surface area (TPSA) is 42.7 Å². The molecule has 1 heterocycles. The second-order valence-corrected chi connectivity index (χ2v) is 2.41. The fourth-order valence-corrected chi connectivity index (χ4v) is 0.818. The lowest BCUT2D eigenvalue weighted by atomic mass is 10.4. The molecule has 1 N–H and O–H groups in total. The van der Waals surface area contributed by atoms with Gasteiger partial charge in [0.1, 0.15) is 0 Å². The Hall–Kier alpha value is -1.34. The third-order valence-corrected chi connectivity index (χ3v) is 1.35. The largest absolute Gasteiger partial charge is 0.300 e. The normalized spacial score (nSPS) is 9.17. The number of aromatic nitrogens is 3. The summed E-state index contributed by atoms with van der Waals surface area (Å²) in [4.78, 5) is 0. The van der Waals surface area contributed by atoms with Crippen LogP contribution in [0.3, 0.4) is 0 Å². The number of aryl methyl sites for hydroxylation is 1. The van der Waals surface area contributed by atoms with Crippen LogP contribution in [0.5, 0.6) is 0 Å². The maximum Gasteiger partial charge on any atom is 0.0965 e. The minimum absolute atomic E-state index is 0.701. The molecule has 1 aromatic heterocycles. The zero-order chi connectivity index (χ0) is 8.81. The molecule has 0 fully saturated rings. The first kappa shape index (κ1) is 8.75. The first-order chi connectivity index (χ1) is 5.83. The van der Waals surface area contributed by atoms with E-state index in [0.717, 1.165) is 12.2 Å². The number of hydrogen-bond donors (Lipinski definition) is 1. The number of nitrogens with one attached hydrogen (secondary N) is 1. The maximum atomic E-state index is 3.92. The van der Waals surface area contributed by atoms with E-state index in [1.165, 1.54) is 0 Å². The molecule has 0 radical (unpaired) electrons. The Balaban J connectivity index is 2.27. The van der Waals surface area contributed by atoms with Gasteiger partial charge < -0.3 is 5.32 Å². The van der Waals surface area contributed by atoms with E-state index in [9.17, 15) is 0 Å². The molecule has 0 saturated carbocycles. The molecule has 0 aliphatic rings. The molecular formula is C8H12N4. The maximum absolute atomic E-state index is 3.92. The highest BCUT2D eigenvalue weighted by Gasteiger charge is 1.94. The minimum atomic E-state index is 0.701. The molecule has 64 valence electrons. The summed E-state index contributed by atoms with van der Waals surface area (Å²) in [7, 11) is 1.85. The summed E-state index contributed by atoms with van der Waals surface area (Å²) < 4.78 is 1.68. The standard InChI is InChI=1S/C8H12N4/c1-3-4-5-9-6-8-7-12(2)11-10-8/h7,9H,5-6H2,1-2H3. The van der Waals surface area contributed by atoms with Crippen molar-refractivity contribution in [2.75, 3.05) is 6.54 Å². The molecule has 4 heteroatoms. The van der Waals surface area contributed by atoms with Gasteiger partial charge in [0.2, 0.25) is 0 Å². The molecule has 0 amide bonds. The number of hydrogen-bond acceptors (Lipinski definition) is 3. The van der Waals surface area contributed by atoms with E-state index in [0.29, 0.717) is 6.54 Å². The Bertz CT molecular complexity index is 291. The molecule has 0 saturated heterocycles. The minimum Gasteiger partial charge on any atom is -0.300 e. The van der Waals surface area contributed by atoms with Crippen LogP contribution in [0.4, 0.5) is 0 Å². The van der Waals surface area contributed by atoms with Gasteiger partial charge in [-0.1, -0.05) is 11.1 Å². The molecule has 12 heavy (non-hydrogen) atoms. The first-order valence-electron chi connectivity index (χ1n) is 3.78. The van der Waals surface area contributed by atoms with Crippen LogP contribution >= 0.6 is 0 Å². The first-order valence-corrected chi connectivity index (χ1v) is 3.78. The molecule has 0 aromatic carbocycles. The molecule has 0 bridgehead atoms. The van der Waals surface area contributed by atoms with Gasteiger partial charge in [0.25, 0.3) is 0 Å². The molecule has 0 spiro atoms. The van der Waals surface area contributed by atoms with Crippen molar-refractivity contribution >= 4 is 0 Å². The van der Waals surface area contributed by atoms with Gasteiger partial charge in [-0.3, -0.25) is 4.68 Å². The van der Waals surface area contributed by atoms with Crippen molar-refractivity contribution in [1.29, 1.82) is 0 Å². The summed E-state index contributed by atoms with van der Waals surface area (Å²) in [6, 6.07) is 0. The molecule has 1 aromatic rings. The van der Waals surface area contributed by atoms with Crippen molar-refractivity contribution < 1.29 is 0 Å². The van der Waals surface area contributed by atoms with E-state index in [2.05, 4.69) is 27.5 Å². The van der Waals surface area contributed by atoms with Crippen LogP contribution in [0, 0.1) is 11.8 Å². The average molecular weight is 164 g/mol. The van der Waals surface area contributed by atoms with Gasteiger partial charge in [-0.2, -0.15) is 0 Å². The van der Waals surface area contributed by atoms with Gasteiger partial charge in [-0.05, 0) is 6.92 Å². The molecule has 1 rings (SSSR count). The van der Waals surface area contributed by atoms with E-state index in [1.54, 1.807) is 4.68 Å². The van der Waals surface area contributed by atoms with Crippen molar-refractivity contribution in [2.45, 2.75) is 13.5 Å². The molecule has 0 aliphatic carbocycles. The van der Waals surface area contributed by atoms with Crippen LogP contribution in [0.2, 0.25) is 0 Å². The highest BCUT2D eigenvalue weighted by molar-refractivity contribution is 4.98. The van der Waals surface area contributed by atoms with Crippen molar-refractivity contribution in [1.82, 2.24) is 20.3 Å². The van der Waals surface area contributed by atoms with Gasteiger partial charge in [-0.25, -0.2) is 0 Å². The van der Waals surface area contributed by atoms with Gasteiger partial charge in [0, 0.05) is 19.8 Å². The van der Waals surface area contributed by atoms with Crippen molar-refractivity contribution in [3.63, 3.8) is 0 Å². The van der Waals surface area contributed by atoms with Crippen molar-refractivity contribution in [2.24, 2.45) is 7.05 Å². The van der Waals surface area contributed by atoms with Crippen LogP contribution in [0.15, 0.2) is 6.20 Å². The van der Waals surface area contributed by atoms with E-state index in [4.69, 9.17) is 0 Å². The average Bonchev–Trinajstić information content (AvgIpc) is 2.45. The molecule has 0 atom stereocenters. The Morgan fingerprint density at radius 2 is 2.50 bits per heavy atom. The SMILES string of the molecule is CC#CCNCc1cn(C)nn1. The summed E-state index contributed by atoms with van der Waals surface area (Å²) in [5.41, 5.74) is 0.940. The second-order valence-electron chi connectivity index (χ2n) is 2.41. The van der Waals surface area contributed by atoms with Gasteiger partial charge in [-0.15, -0.1) is 11.0 Å². The molecule has 0 aliphatic heterocycles. The van der Waals surface area contributed by atoms with Crippen LogP contribution in [0.25, 0.3) is 0 Å². The van der Waals surface area contributed by atoms with Gasteiger partial charge in [0.05, 0.1) is 12.2 Å².